The molecule has 3 rings (SSSR count). The Balaban J connectivity index is 1.58. The van der Waals surface area contributed by atoms with E-state index >= 15 is 0 Å². The molecule has 2 aromatic rings. The minimum atomic E-state index is -0.484. The normalized spacial score (nSPS) is 16.8. The molecule has 132 valence electrons. The second kappa shape index (κ2) is 7.25. The molecular weight excluding hydrogens is 324 g/mol. The standard InChI is InChI=1S/C17H20N4O4/c1-21-8-7-12(17(21)23)18-16(22)13-9-11(19-20-13)10-25-15-6-4-3-5-14(15)24-2/h3-6,9,12H,7-8,10H2,1-2H3,(H,18,22)(H,19,20)/t12-/m1/s1. The molecule has 0 spiro atoms. The Morgan fingerprint density at radius 2 is 2.16 bits per heavy atom. The summed E-state index contributed by atoms with van der Waals surface area (Å²) in [5, 5.41) is 9.46. The summed E-state index contributed by atoms with van der Waals surface area (Å²) < 4.78 is 10.9. The van der Waals surface area contributed by atoms with Gasteiger partial charge in [-0.2, -0.15) is 5.10 Å². The van der Waals surface area contributed by atoms with Crippen molar-refractivity contribution in [3.05, 3.63) is 41.7 Å². The van der Waals surface area contributed by atoms with Gasteiger partial charge in [0.25, 0.3) is 5.91 Å². The molecule has 1 fully saturated rings. The smallest absolute Gasteiger partial charge is 0.272 e. The number of nitrogens with zero attached hydrogens (tertiary/aromatic N) is 2. The summed E-state index contributed by atoms with van der Waals surface area (Å²) in [5.74, 6) is 0.770. The number of aromatic amines is 1. The van der Waals surface area contributed by atoms with Crippen molar-refractivity contribution in [2.45, 2.75) is 19.1 Å². The fourth-order valence-corrected chi connectivity index (χ4v) is 2.63. The van der Waals surface area contributed by atoms with Crippen LogP contribution in [0, 0.1) is 0 Å². The average molecular weight is 344 g/mol. The summed E-state index contributed by atoms with van der Waals surface area (Å²) >= 11 is 0. The largest absolute Gasteiger partial charge is 0.493 e. The van der Waals surface area contributed by atoms with Gasteiger partial charge >= 0.3 is 0 Å². The molecule has 1 atom stereocenters. The molecule has 1 aromatic carbocycles. The molecule has 0 saturated carbocycles. The summed E-state index contributed by atoms with van der Waals surface area (Å²) in [6, 6.07) is 8.42. The molecule has 1 saturated heterocycles. The van der Waals surface area contributed by atoms with Crippen LogP contribution in [0.5, 0.6) is 11.5 Å². The monoisotopic (exact) mass is 344 g/mol. The number of hydrogen-bond acceptors (Lipinski definition) is 5. The van der Waals surface area contributed by atoms with Gasteiger partial charge in [-0.15, -0.1) is 0 Å². The van der Waals surface area contributed by atoms with E-state index < -0.39 is 6.04 Å². The third kappa shape index (κ3) is 3.73. The van der Waals surface area contributed by atoms with Crippen LogP contribution in [0.2, 0.25) is 0 Å². The van der Waals surface area contributed by atoms with Gasteiger partial charge < -0.3 is 19.7 Å². The number of likely N-dealkylation sites (N-methyl/N-ethyl adjacent to an activating group) is 1. The molecule has 1 aliphatic rings. The molecule has 0 radical (unpaired) electrons. The minimum Gasteiger partial charge on any atom is -0.493 e. The Morgan fingerprint density at radius 3 is 2.84 bits per heavy atom. The van der Waals surface area contributed by atoms with E-state index in [1.807, 2.05) is 12.1 Å². The van der Waals surface area contributed by atoms with Crippen LogP contribution in [0.1, 0.15) is 22.6 Å². The lowest BCUT2D eigenvalue weighted by molar-refractivity contribution is -0.128. The lowest BCUT2D eigenvalue weighted by Gasteiger charge is -2.11. The van der Waals surface area contributed by atoms with E-state index in [4.69, 9.17) is 9.47 Å². The number of para-hydroxylation sites is 2. The van der Waals surface area contributed by atoms with Crippen molar-refractivity contribution in [3.8, 4) is 11.5 Å². The SMILES string of the molecule is COc1ccccc1OCc1cc(C(=O)N[C@@H]2CCN(C)C2=O)n[nH]1. The fourth-order valence-electron chi connectivity index (χ4n) is 2.63. The van der Waals surface area contributed by atoms with Crippen molar-refractivity contribution < 1.29 is 19.1 Å². The Morgan fingerprint density at radius 1 is 1.40 bits per heavy atom. The van der Waals surface area contributed by atoms with Crippen LogP contribution in [-0.4, -0.2) is 53.7 Å². The Labute approximate surface area is 145 Å². The average Bonchev–Trinajstić information content (AvgIpc) is 3.22. The van der Waals surface area contributed by atoms with Gasteiger partial charge in [0.15, 0.2) is 11.5 Å². The Bertz CT molecular complexity index is 774. The van der Waals surface area contributed by atoms with Crippen molar-refractivity contribution in [3.63, 3.8) is 0 Å². The molecule has 2 amide bonds. The zero-order valence-corrected chi connectivity index (χ0v) is 14.1. The first-order valence-corrected chi connectivity index (χ1v) is 7.94. The third-order valence-electron chi connectivity index (χ3n) is 4.05. The highest BCUT2D eigenvalue weighted by molar-refractivity contribution is 5.96. The number of rotatable bonds is 6. The number of nitrogens with one attached hydrogen (secondary N) is 2. The van der Waals surface area contributed by atoms with Gasteiger partial charge in [-0.1, -0.05) is 12.1 Å². The highest BCUT2D eigenvalue weighted by Gasteiger charge is 2.30. The number of H-pyrrole nitrogens is 1. The summed E-state index contributed by atoms with van der Waals surface area (Å²) in [7, 11) is 3.29. The summed E-state index contributed by atoms with van der Waals surface area (Å²) in [4.78, 5) is 25.7. The Kier molecular flexibility index (Phi) is 4.87. The first kappa shape index (κ1) is 16.8. The van der Waals surface area contributed by atoms with Crippen LogP contribution >= 0.6 is 0 Å². The van der Waals surface area contributed by atoms with Crippen LogP contribution in [0.4, 0.5) is 0 Å². The zero-order valence-electron chi connectivity index (χ0n) is 14.1. The van der Waals surface area contributed by atoms with Gasteiger partial charge in [0.2, 0.25) is 5.91 Å². The second-order valence-corrected chi connectivity index (χ2v) is 5.79. The lowest BCUT2D eigenvalue weighted by atomic mass is 10.2. The van der Waals surface area contributed by atoms with Gasteiger partial charge in [-0.3, -0.25) is 14.7 Å². The van der Waals surface area contributed by atoms with Crippen LogP contribution < -0.4 is 14.8 Å². The molecule has 1 aromatic heterocycles. The molecule has 8 heteroatoms. The van der Waals surface area contributed by atoms with Gasteiger partial charge in [-0.25, -0.2) is 0 Å². The highest BCUT2D eigenvalue weighted by Crippen LogP contribution is 2.26. The van der Waals surface area contributed by atoms with Crippen molar-refractivity contribution in [1.29, 1.82) is 0 Å². The number of hydrogen-bond donors (Lipinski definition) is 2. The van der Waals surface area contributed by atoms with Crippen molar-refractivity contribution in [2.24, 2.45) is 0 Å². The number of benzene rings is 1. The lowest BCUT2D eigenvalue weighted by Crippen LogP contribution is -2.40. The number of methoxy groups -OCH3 is 1. The van der Waals surface area contributed by atoms with E-state index in [2.05, 4.69) is 15.5 Å². The van der Waals surface area contributed by atoms with E-state index in [0.29, 0.717) is 30.2 Å². The van der Waals surface area contributed by atoms with Gasteiger partial charge in [0, 0.05) is 13.6 Å². The number of ether oxygens (including phenoxy) is 2. The predicted molar refractivity (Wildman–Crippen MR) is 89.4 cm³/mol. The third-order valence-corrected chi connectivity index (χ3v) is 4.05. The van der Waals surface area contributed by atoms with Crippen LogP contribution in [0.25, 0.3) is 0 Å². The molecule has 8 nitrogen and oxygen atoms in total. The first-order chi connectivity index (χ1) is 12.1. The second-order valence-electron chi connectivity index (χ2n) is 5.79. The van der Waals surface area contributed by atoms with Crippen molar-refractivity contribution in [1.82, 2.24) is 20.4 Å². The molecule has 2 heterocycles. The van der Waals surface area contributed by atoms with E-state index in [1.165, 1.54) is 0 Å². The first-order valence-electron chi connectivity index (χ1n) is 7.94. The molecule has 0 unspecified atom stereocenters. The van der Waals surface area contributed by atoms with Crippen molar-refractivity contribution in [2.75, 3.05) is 20.7 Å². The van der Waals surface area contributed by atoms with E-state index in [-0.39, 0.29) is 24.1 Å². The molecular formula is C17H20N4O4. The van der Waals surface area contributed by atoms with Gasteiger partial charge in [0.1, 0.15) is 18.3 Å². The quantitative estimate of drug-likeness (QED) is 0.813. The molecule has 0 aliphatic carbocycles. The van der Waals surface area contributed by atoms with Gasteiger partial charge in [-0.05, 0) is 24.6 Å². The summed E-state index contributed by atoms with van der Waals surface area (Å²) in [5.41, 5.74) is 0.868. The van der Waals surface area contributed by atoms with E-state index in [1.54, 1.807) is 37.3 Å². The number of carbonyl (C=O) groups excluding carboxylic acids is 2. The summed E-state index contributed by atoms with van der Waals surface area (Å²) in [6.07, 6.45) is 0.606. The zero-order chi connectivity index (χ0) is 17.8. The fraction of sp³-hybridized carbons (Fsp3) is 0.353. The maximum atomic E-state index is 12.2. The minimum absolute atomic E-state index is 0.0800. The molecule has 1 aliphatic heterocycles. The maximum Gasteiger partial charge on any atom is 0.272 e. The topological polar surface area (TPSA) is 96.6 Å². The Hall–Kier alpha value is -3.03. The summed E-state index contributed by atoms with van der Waals surface area (Å²) in [6.45, 7) is 0.855. The van der Waals surface area contributed by atoms with Crippen LogP contribution in [0.15, 0.2) is 30.3 Å². The van der Waals surface area contributed by atoms with Crippen molar-refractivity contribution >= 4 is 11.8 Å². The van der Waals surface area contributed by atoms with Gasteiger partial charge in [0.05, 0.1) is 12.8 Å². The molecule has 0 bridgehead atoms. The van der Waals surface area contributed by atoms with E-state index in [0.717, 1.165) is 0 Å². The van der Waals surface area contributed by atoms with Crippen LogP contribution in [-0.2, 0) is 11.4 Å². The highest BCUT2D eigenvalue weighted by atomic mass is 16.5. The molecule has 25 heavy (non-hydrogen) atoms. The van der Waals surface area contributed by atoms with E-state index in [9.17, 15) is 9.59 Å². The predicted octanol–water partition coefficient (Wildman–Crippen LogP) is 0.958. The number of amides is 2. The molecule has 2 N–H and O–H groups in total. The number of carbonyl (C=O) groups is 2. The number of aromatic nitrogens is 2. The number of likely N-dealkylation sites (tertiary alicyclic amines) is 1. The maximum absolute atomic E-state index is 12.2. The van der Waals surface area contributed by atoms with Crippen LogP contribution in [0.3, 0.4) is 0 Å².